The van der Waals surface area contributed by atoms with Crippen LogP contribution < -0.4 is 10.2 Å². The van der Waals surface area contributed by atoms with Crippen molar-refractivity contribution < 1.29 is 4.92 Å². The summed E-state index contributed by atoms with van der Waals surface area (Å²) in [6.45, 7) is 4.37. The van der Waals surface area contributed by atoms with E-state index in [0.717, 1.165) is 30.3 Å². The molecule has 1 fully saturated rings. The first-order valence-electron chi connectivity index (χ1n) is 6.08. The summed E-state index contributed by atoms with van der Waals surface area (Å²) in [5.74, 6) is 2.06. The first-order valence-corrected chi connectivity index (χ1v) is 7.23. The maximum atomic E-state index is 11.3. The molecule has 0 spiro atoms. The first-order chi connectivity index (χ1) is 8.74. The molecule has 18 heavy (non-hydrogen) atoms. The summed E-state index contributed by atoms with van der Waals surface area (Å²) in [7, 11) is 0. The van der Waals surface area contributed by atoms with E-state index >= 15 is 0 Å². The number of nitro groups is 1. The molecule has 1 N–H and O–H groups in total. The molecule has 1 aliphatic heterocycles. The first kappa shape index (κ1) is 13.0. The average molecular weight is 267 g/mol. The fourth-order valence-corrected chi connectivity index (χ4v) is 3.02. The van der Waals surface area contributed by atoms with E-state index in [0.29, 0.717) is 12.2 Å². The second-order valence-electron chi connectivity index (χ2n) is 4.06. The van der Waals surface area contributed by atoms with E-state index in [1.165, 1.54) is 0 Å². The van der Waals surface area contributed by atoms with Gasteiger partial charge < -0.3 is 10.2 Å². The number of nitrogens with one attached hydrogen (secondary N) is 1. The summed E-state index contributed by atoms with van der Waals surface area (Å²) < 4.78 is 0. The molecule has 1 aromatic rings. The largest absolute Gasteiger partial charge is 0.380 e. The molecular weight excluding hydrogens is 250 g/mol. The Morgan fingerprint density at radius 1 is 1.44 bits per heavy atom. The standard InChI is InChI=1S/C12H17N3O2S/c1-2-13-10-4-3-5-11(12(10)15(16)17)14-6-8-18-9-7-14/h3-5,13H,2,6-9H2,1H3. The van der Waals surface area contributed by atoms with Crippen LogP contribution >= 0.6 is 11.8 Å². The Morgan fingerprint density at radius 2 is 2.17 bits per heavy atom. The predicted octanol–water partition coefficient (Wildman–Crippen LogP) is 2.58. The van der Waals surface area contributed by atoms with E-state index in [1.54, 1.807) is 6.07 Å². The quantitative estimate of drug-likeness (QED) is 0.671. The molecule has 98 valence electrons. The Kier molecular flexibility index (Phi) is 4.30. The molecule has 5 nitrogen and oxygen atoms in total. The highest BCUT2D eigenvalue weighted by molar-refractivity contribution is 7.99. The van der Waals surface area contributed by atoms with Crippen molar-refractivity contribution >= 4 is 28.8 Å². The monoisotopic (exact) mass is 267 g/mol. The molecule has 0 bridgehead atoms. The number of para-hydroxylation sites is 1. The molecule has 2 rings (SSSR count). The minimum Gasteiger partial charge on any atom is -0.380 e. The average Bonchev–Trinajstić information content (AvgIpc) is 2.39. The van der Waals surface area contributed by atoms with Crippen LogP contribution in [0.2, 0.25) is 0 Å². The topological polar surface area (TPSA) is 58.4 Å². The van der Waals surface area contributed by atoms with Gasteiger partial charge in [-0.25, -0.2) is 0 Å². The van der Waals surface area contributed by atoms with Crippen molar-refractivity contribution in [1.82, 2.24) is 0 Å². The lowest BCUT2D eigenvalue weighted by atomic mass is 10.2. The van der Waals surface area contributed by atoms with Crippen molar-refractivity contribution in [1.29, 1.82) is 0 Å². The molecule has 0 radical (unpaired) electrons. The number of anilines is 2. The van der Waals surface area contributed by atoms with Crippen molar-refractivity contribution in [2.24, 2.45) is 0 Å². The van der Waals surface area contributed by atoms with E-state index in [9.17, 15) is 10.1 Å². The number of hydrogen-bond donors (Lipinski definition) is 1. The lowest BCUT2D eigenvalue weighted by Crippen LogP contribution is -2.33. The highest BCUT2D eigenvalue weighted by Gasteiger charge is 2.24. The van der Waals surface area contributed by atoms with Crippen molar-refractivity contribution in [3.05, 3.63) is 28.3 Å². The molecule has 0 saturated carbocycles. The summed E-state index contributed by atoms with van der Waals surface area (Å²) in [5, 5.41) is 14.4. The van der Waals surface area contributed by atoms with Gasteiger partial charge in [0.2, 0.25) is 0 Å². The van der Waals surface area contributed by atoms with Gasteiger partial charge in [-0.1, -0.05) is 6.07 Å². The molecule has 1 aromatic carbocycles. The van der Waals surface area contributed by atoms with Crippen LogP contribution in [0.15, 0.2) is 18.2 Å². The molecule has 0 atom stereocenters. The van der Waals surface area contributed by atoms with Crippen molar-refractivity contribution in [2.75, 3.05) is 41.4 Å². The van der Waals surface area contributed by atoms with Crippen LogP contribution in [0.4, 0.5) is 17.1 Å². The van der Waals surface area contributed by atoms with E-state index in [1.807, 2.05) is 30.8 Å². The summed E-state index contributed by atoms with van der Waals surface area (Å²) in [6.07, 6.45) is 0. The molecule has 6 heteroatoms. The van der Waals surface area contributed by atoms with Crippen LogP contribution in [0.3, 0.4) is 0 Å². The Labute approximate surface area is 111 Å². The lowest BCUT2D eigenvalue weighted by Gasteiger charge is -2.28. The third-order valence-corrected chi connectivity index (χ3v) is 3.86. The zero-order valence-electron chi connectivity index (χ0n) is 10.4. The molecule has 1 aliphatic rings. The van der Waals surface area contributed by atoms with E-state index < -0.39 is 0 Å². The van der Waals surface area contributed by atoms with Gasteiger partial charge in [-0.15, -0.1) is 0 Å². The van der Waals surface area contributed by atoms with Crippen LogP contribution in [-0.4, -0.2) is 36.1 Å². The van der Waals surface area contributed by atoms with Gasteiger partial charge >= 0.3 is 5.69 Å². The van der Waals surface area contributed by atoms with Crippen LogP contribution in [0.5, 0.6) is 0 Å². The molecule has 0 amide bonds. The molecular formula is C12H17N3O2S. The van der Waals surface area contributed by atoms with E-state index in [-0.39, 0.29) is 10.6 Å². The lowest BCUT2D eigenvalue weighted by molar-refractivity contribution is -0.383. The maximum absolute atomic E-state index is 11.3. The zero-order chi connectivity index (χ0) is 13.0. The fourth-order valence-electron chi connectivity index (χ4n) is 2.12. The normalized spacial score (nSPS) is 15.5. The predicted molar refractivity (Wildman–Crippen MR) is 76.8 cm³/mol. The number of nitrogens with zero attached hydrogens (tertiary/aromatic N) is 2. The van der Waals surface area contributed by atoms with Gasteiger partial charge in [0.25, 0.3) is 0 Å². The fraction of sp³-hybridized carbons (Fsp3) is 0.500. The van der Waals surface area contributed by atoms with Gasteiger partial charge in [-0.3, -0.25) is 10.1 Å². The number of rotatable bonds is 4. The van der Waals surface area contributed by atoms with Crippen LogP contribution in [0.1, 0.15) is 6.92 Å². The van der Waals surface area contributed by atoms with Gasteiger partial charge in [0.1, 0.15) is 11.4 Å². The van der Waals surface area contributed by atoms with Gasteiger partial charge in [-0.05, 0) is 19.1 Å². The van der Waals surface area contributed by atoms with E-state index in [2.05, 4.69) is 10.2 Å². The number of benzene rings is 1. The third-order valence-electron chi connectivity index (χ3n) is 2.92. The van der Waals surface area contributed by atoms with Gasteiger partial charge in [0, 0.05) is 31.1 Å². The summed E-state index contributed by atoms with van der Waals surface area (Å²) in [4.78, 5) is 13.1. The van der Waals surface area contributed by atoms with Gasteiger partial charge in [0.15, 0.2) is 0 Å². The zero-order valence-corrected chi connectivity index (χ0v) is 11.2. The minimum absolute atomic E-state index is 0.200. The molecule has 0 aromatic heterocycles. The SMILES string of the molecule is CCNc1cccc(N2CCSCC2)c1[N+](=O)[O-]. The second kappa shape index (κ2) is 5.95. The Balaban J connectivity index is 2.38. The minimum atomic E-state index is -0.283. The third kappa shape index (κ3) is 2.69. The maximum Gasteiger partial charge on any atom is 0.315 e. The summed E-state index contributed by atoms with van der Waals surface area (Å²) in [5.41, 5.74) is 1.54. The highest BCUT2D eigenvalue weighted by Crippen LogP contribution is 2.36. The van der Waals surface area contributed by atoms with Crippen LogP contribution in [0, 0.1) is 10.1 Å². The van der Waals surface area contributed by atoms with Crippen LogP contribution in [-0.2, 0) is 0 Å². The van der Waals surface area contributed by atoms with Crippen LogP contribution in [0.25, 0.3) is 0 Å². The Hall–Kier alpha value is -1.43. The van der Waals surface area contributed by atoms with Crippen molar-refractivity contribution in [3.63, 3.8) is 0 Å². The molecule has 0 unspecified atom stereocenters. The summed E-state index contributed by atoms with van der Waals surface area (Å²) >= 11 is 1.89. The summed E-state index contributed by atoms with van der Waals surface area (Å²) in [6, 6.07) is 5.49. The van der Waals surface area contributed by atoms with Crippen molar-refractivity contribution in [3.8, 4) is 0 Å². The number of thioether (sulfide) groups is 1. The highest BCUT2D eigenvalue weighted by atomic mass is 32.2. The number of nitro benzene ring substituents is 1. The Bertz CT molecular complexity index is 433. The van der Waals surface area contributed by atoms with Gasteiger partial charge in [-0.2, -0.15) is 11.8 Å². The van der Waals surface area contributed by atoms with Crippen molar-refractivity contribution in [2.45, 2.75) is 6.92 Å². The molecule has 0 aliphatic carbocycles. The Morgan fingerprint density at radius 3 is 2.78 bits per heavy atom. The second-order valence-corrected chi connectivity index (χ2v) is 5.28. The van der Waals surface area contributed by atoms with E-state index in [4.69, 9.17) is 0 Å². The molecule has 1 saturated heterocycles. The number of hydrogen-bond acceptors (Lipinski definition) is 5. The smallest absolute Gasteiger partial charge is 0.315 e. The van der Waals surface area contributed by atoms with Gasteiger partial charge in [0.05, 0.1) is 4.92 Å². The molecule has 1 heterocycles.